The van der Waals surface area contributed by atoms with E-state index in [1.807, 2.05) is 41.5 Å². The van der Waals surface area contributed by atoms with E-state index in [0.717, 1.165) is 57.4 Å². The topological polar surface area (TPSA) is 112 Å². The number of rotatable bonds is 19. The average Bonchev–Trinajstić information content (AvgIpc) is 3.80. The highest BCUT2D eigenvalue weighted by atomic mass is 16.6. The first-order chi connectivity index (χ1) is 23.1. The van der Waals surface area contributed by atoms with E-state index in [1.54, 1.807) is 6.20 Å². The van der Waals surface area contributed by atoms with Gasteiger partial charge in [0.05, 0.1) is 29.6 Å². The Morgan fingerprint density at radius 3 is 2.33 bits per heavy atom. The van der Waals surface area contributed by atoms with Crippen molar-refractivity contribution in [2.75, 3.05) is 11.9 Å². The summed E-state index contributed by atoms with van der Waals surface area (Å²) < 4.78 is 15.2. The predicted molar refractivity (Wildman–Crippen MR) is 190 cm³/mol. The number of hydrogen-bond donors (Lipinski definition) is 2. The van der Waals surface area contributed by atoms with Crippen molar-refractivity contribution in [1.82, 2.24) is 24.9 Å². The van der Waals surface area contributed by atoms with E-state index in [0.29, 0.717) is 18.0 Å². The molecule has 0 saturated heterocycles. The number of amides is 2. The third-order valence-corrected chi connectivity index (χ3v) is 8.77. The molecule has 0 bridgehead atoms. The molecule has 1 aliphatic rings. The molecule has 1 aromatic carbocycles. The van der Waals surface area contributed by atoms with E-state index >= 15 is 0 Å². The molecule has 0 aliphatic heterocycles. The van der Waals surface area contributed by atoms with Crippen LogP contribution in [0.1, 0.15) is 139 Å². The van der Waals surface area contributed by atoms with Crippen LogP contribution < -0.4 is 10.6 Å². The fraction of sp³-hybridized carbons (Fsp3) is 0.632. The molecule has 0 unspecified atom stereocenters. The summed E-state index contributed by atoms with van der Waals surface area (Å²) in [7, 11) is 0. The highest BCUT2D eigenvalue weighted by Crippen LogP contribution is 2.37. The van der Waals surface area contributed by atoms with Crippen molar-refractivity contribution in [3.63, 3.8) is 0 Å². The van der Waals surface area contributed by atoms with Crippen LogP contribution >= 0.6 is 0 Å². The Labute approximate surface area is 287 Å². The fourth-order valence-corrected chi connectivity index (χ4v) is 6.21. The van der Waals surface area contributed by atoms with Crippen LogP contribution in [0.15, 0.2) is 48.8 Å². The van der Waals surface area contributed by atoms with Crippen LogP contribution in [0.25, 0.3) is 0 Å². The number of benzene rings is 1. The number of carbonyl (C=O) groups excluding carboxylic acids is 2. The number of carbonyl (C=O) groups is 2. The normalized spacial score (nSPS) is 16.4. The predicted octanol–water partition coefficient (Wildman–Crippen LogP) is 8.59. The first-order valence-electron chi connectivity index (χ1n) is 18.1. The molecule has 0 spiro atoms. The number of aryl methyl sites for hydroxylation is 1. The zero-order valence-electron chi connectivity index (χ0n) is 29.9. The minimum absolute atomic E-state index is 0.0356. The molecule has 2 amide bonds. The Bertz CT molecular complexity index is 1390. The van der Waals surface area contributed by atoms with Crippen molar-refractivity contribution in [2.45, 2.75) is 148 Å². The highest BCUT2D eigenvalue weighted by Gasteiger charge is 2.32. The standard InChI is InChI=1S/C38H58N6O4/c1-29(2)40-37(46)48-33-21-20-31(24-33)34-25-35(44(42-34)38(3,4)5)41-36(45)32-26-39-43(27-32)22-16-11-9-7-6-8-10-12-17-23-47-28-30-18-14-13-15-19-30/h13-15,18-19,25-27,29,31,33H,6-12,16-17,20-24,28H2,1-5H3,(H,40,46)(H,41,45)/t31-,33+/m0/s1. The summed E-state index contributed by atoms with van der Waals surface area (Å²) >= 11 is 0. The number of ether oxygens (including phenoxy) is 2. The first-order valence-corrected chi connectivity index (χ1v) is 18.1. The van der Waals surface area contributed by atoms with Crippen molar-refractivity contribution in [3.8, 4) is 0 Å². The molecule has 0 radical (unpaired) electrons. The van der Waals surface area contributed by atoms with Gasteiger partial charge in [-0.3, -0.25) is 9.48 Å². The van der Waals surface area contributed by atoms with Crippen molar-refractivity contribution in [1.29, 1.82) is 0 Å². The van der Waals surface area contributed by atoms with E-state index < -0.39 is 0 Å². The Balaban J connectivity index is 1.12. The molecule has 2 N–H and O–H groups in total. The molecule has 10 nitrogen and oxygen atoms in total. The summed E-state index contributed by atoms with van der Waals surface area (Å²) in [6, 6.07) is 12.4. The Kier molecular flexibility index (Phi) is 14.5. The van der Waals surface area contributed by atoms with Crippen molar-refractivity contribution < 1.29 is 19.1 Å². The summed E-state index contributed by atoms with van der Waals surface area (Å²) in [5.74, 6) is 0.631. The van der Waals surface area contributed by atoms with Crippen LogP contribution in [-0.4, -0.2) is 50.3 Å². The average molecular weight is 663 g/mol. The number of anilines is 1. The number of aromatic nitrogens is 4. The maximum absolute atomic E-state index is 13.3. The van der Waals surface area contributed by atoms with Gasteiger partial charge in [0.25, 0.3) is 5.91 Å². The zero-order valence-corrected chi connectivity index (χ0v) is 29.9. The molecule has 3 aromatic rings. The van der Waals surface area contributed by atoms with Gasteiger partial charge in [-0.15, -0.1) is 0 Å². The van der Waals surface area contributed by atoms with Gasteiger partial charge in [0.2, 0.25) is 0 Å². The third-order valence-electron chi connectivity index (χ3n) is 8.77. The van der Waals surface area contributed by atoms with Gasteiger partial charge in [0.1, 0.15) is 11.9 Å². The van der Waals surface area contributed by atoms with E-state index in [9.17, 15) is 9.59 Å². The molecule has 1 aliphatic carbocycles. The lowest BCUT2D eigenvalue weighted by Gasteiger charge is -2.22. The Morgan fingerprint density at radius 2 is 1.65 bits per heavy atom. The summed E-state index contributed by atoms with van der Waals surface area (Å²) in [6.07, 6.45) is 16.3. The van der Waals surface area contributed by atoms with Gasteiger partial charge >= 0.3 is 6.09 Å². The van der Waals surface area contributed by atoms with Crippen LogP contribution in [0, 0.1) is 0 Å². The molecule has 10 heteroatoms. The second-order valence-electron chi connectivity index (χ2n) is 14.5. The molecule has 4 rings (SSSR count). The smallest absolute Gasteiger partial charge is 0.407 e. The second-order valence-corrected chi connectivity index (χ2v) is 14.5. The summed E-state index contributed by atoms with van der Waals surface area (Å²) in [5.41, 5.74) is 2.36. The third kappa shape index (κ3) is 12.4. The lowest BCUT2D eigenvalue weighted by atomic mass is 10.0. The molecule has 2 atom stereocenters. The maximum atomic E-state index is 13.3. The number of hydrogen-bond acceptors (Lipinski definition) is 6. The molecule has 48 heavy (non-hydrogen) atoms. The molecule has 1 saturated carbocycles. The Morgan fingerprint density at radius 1 is 0.958 bits per heavy atom. The minimum Gasteiger partial charge on any atom is -0.446 e. The maximum Gasteiger partial charge on any atom is 0.407 e. The van der Waals surface area contributed by atoms with Crippen molar-refractivity contribution in [2.24, 2.45) is 0 Å². The molecule has 1 fully saturated rings. The van der Waals surface area contributed by atoms with Gasteiger partial charge in [-0.05, 0) is 72.3 Å². The van der Waals surface area contributed by atoms with Crippen molar-refractivity contribution >= 4 is 17.8 Å². The number of alkyl carbamates (subject to hydrolysis) is 1. The van der Waals surface area contributed by atoms with Gasteiger partial charge in [0, 0.05) is 37.4 Å². The van der Waals surface area contributed by atoms with Crippen LogP contribution in [0.3, 0.4) is 0 Å². The lowest BCUT2D eigenvalue weighted by Crippen LogP contribution is -2.33. The van der Waals surface area contributed by atoms with Crippen LogP contribution in [0.2, 0.25) is 0 Å². The minimum atomic E-state index is -0.372. The van der Waals surface area contributed by atoms with Crippen LogP contribution in [0.4, 0.5) is 10.6 Å². The largest absolute Gasteiger partial charge is 0.446 e. The van der Waals surface area contributed by atoms with E-state index in [4.69, 9.17) is 14.6 Å². The van der Waals surface area contributed by atoms with Crippen molar-refractivity contribution in [3.05, 3.63) is 65.6 Å². The summed E-state index contributed by atoms with van der Waals surface area (Å²) in [6.45, 7) is 12.4. The van der Waals surface area contributed by atoms with E-state index in [2.05, 4.69) is 60.8 Å². The van der Waals surface area contributed by atoms with E-state index in [-0.39, 0.29) is 35.6 Å². The first kappa shape index (κ1) is 37.2. The number of unbranched alkanes of at least 4 members (excludes halogenated alkanes) is 8. The molecular weight excluding hydrogens is 604 g/mol. The molecular formula is C38H58N6O4. The number of nitrogens with zero attached hydrogens (tertiary/aromatic N) is 4. The van der Waals surface area contributed by atoms with Gasteiger partial charge in [-0.2, -0.15) is 10.2 Å². The summed E-state index contributed by atoms with van der Waals surface area (Å²) in [4.78, 5) is 25.3. The summed E-state index contributed by atoms with van der Waals surface area (Å²) in [5, 5.41) is 15.2. The van der Waals surface area contributed by atoms with E-state index in [1.165, 1.54) is 44.1 Å². The quantitative estimate of drug-likeness (QED) is 0.124. The molecule has 264 valence electrons. The fourth-order valence-electron chi connectivity index (χ4n) is 6.21. The Hall–Kier alpha value is -3.66. The van der Waals surface area contributed by atoms with Gasteiger partial charge in [-0.25, -0.2) is 9.48 Å². The van der Waals surface area contributed by atoms with Gasteiger partial charge in [-0.1, -0.05) is 75.3 Å². The SMILES string of the molecule is CC(C)NC(=O)O[C@@H]1CC[C@H](c2cc(NC(=O)c3cnn(CCCCCCCCCCCOCc4ccccc4)c3)n(C(C)(C)C)n2)C1. The van der Waals surface area contributed by atoms with Gasteiger partial charge < -0.3 is 20.1 Å². The van der Waals surface area contributed by atoms with Gasteiger partial charge in [0.15, 0.2) is 0 Å². The number of nitrogens with one attached hydrogen (secondary N) is 2. The molecule has 2 aromatic heterocycles. The molecule has 2 heterocycles. The lowest BCUT2D eigenvalue weighted by molar-refractivity contribution is 0.0979. The monoisotopic (exact) mass is 662 g/mol. The van der Waals surface area contributed by atoms with Crippen LogP contribution in [0.5, 0.6) is 0 Å². The second kappa shape index (κ2) is 18.8. The highest BCUT2D eigenvalue weighted by molar-refractivity contribution is 6.03. The zero-order chi connectivity index (χ0) is 34.4. The van der Waals surface area contributed by atoms with Crippen LogP contribution in [-0.2, 0) is 28.2 Å².